The number of benzene rings is 1. The zero-order chi connectivity index (χ0) is 22.4. The van der Waals surface area contributed by atoms with Gasteiger partial charge in [0.25, 0.3) is 5.91 Å². The maximum absolute atomic E-state index is 14.1. The molecule has 0 spiro atoms. The van der Waals surface area contributed by atoms with Crippen LogP contribution in [0.3, 0.4) is 0 Å². The number of hydrogen-bond acceptors (Lipinski definition) is 2. The van der Waals surface area contributed by atoms with Crippen molar-refractivity contribution in [1.82, 2.24) is 4.98 Å². The maximum atomic E-state index is 14.1. The largest absolute Gasteiger partial charge is 0.460 e. The van der Waals surface area contributed by atoms with Crippen molar-refractivity contribution in [3.63, 3.8) is 0 Å². The van der Waals surface area contributed by atoms with Crippen LogP contribution in [0.5, 0.6) is 0 Å². The molecule has 29 heavy (non-hydrogen) atoms. The highest BCUT2D eigenvalue weighted by atomic mass is 79.9. The number of anilines is 1. The number of nitrogens with one attached hydrogen (secondary N) is 1. The molecule has 0 fully saturated rings. The molecule has 2 aromatic rings. The molecule has 0 bridgehead atoms. The normalized spacial score (nSPS) is 12.8. The van der Waals surface area contributed by atoms with E-state index in [0.29, 0.717) is 15.6 Å². The van der Waals surface area contributed by atoms with Crippen LogP contribution in [0.25, 0.3) is 0 Å². The average molecular weight is 491 g/mol. The van der Waals surface area contributed by atoms with Crippen LogP contribution in [0.4, 0.5) is 40.9 Å². The van der Waals surface area contributed by atoms with Crippen molar-refractivity contribution in [2.75, 3.05) is 5.32 Å². The van der Waals surface area contributed by atoms with Gasteiger partial charge in [0.1, 0.15) is 0 Å². The van der Waals surface area contributed by atoms with Gasteiger partial charge in [-0.15, -0.1) is 0 Å². The third-order valence-corrected chi connectivity index (χ3v) is 4.88. The van der Waals surface area contributed by atoms with Crippen LogP contribution in [0, 0.1) is 19.7 Å². The van der Waals surface area contributed by atoms with Crippen molar-refractivity contribution in [1.29, 1.82) is 0 Å². The summed E-state index contributed by atoms with van der Waals surface area (Å²) >= 11 is 3.16. The number of pyridine rings is 1. The number of aromatic nitrogens is 1. The highest BCUT2D eigenvalue weighted by Gasteiger charge is 2.73. The first-order valence-corrected chi connectivity index (χ1v) is 8.45. The molecule has 0 aliphatic rings. The van der Waals surface area contributed by atoms with Crippen LogP contribution in [0.15, 0.2) is 28.9 Å². The third kappa shape index (κ3) is 4.21. The lowest BCUT2D eigenvalue weighted by atomic mass is 10.0. The van der Waals surface area contributed by atoms with Crippen LogP contribution in [0.1, 0.15) is 27.0 Å². The van der Waals surface area contributed by atoms with Crippen LogP contribution in [0.2, 0.25) is 0 Å². The van der Waals surface area contributed by atoms with Crippen molar-refractivity contribution in [3.8, 4) is 0 Å². The van der Waals surface area contributed by atoms with E-state index in [1.807, 2.05) is 5.32 Å². The molecule has 12 heteroatoms. The zero-order valence-electron chi connectivity index (χ0n) is 14.6. The van der Waals surface area contributed by atoms with Gasteiger partial charge in [-0.25, -0.2) is 9.37 Å². The summed E-state index contributed by atoms with van der Waals surface area (Å²) in [7, 11) is 0. The van der Waals surface area contributed by atoms with E-state index < -0.39 is 41.1 Å². The van der Waals surface area contributed by atoms with Crippen LogP contribution >= 0.6 is 15.9 Å². The SMILES string of the molecule is Cc1cc(C)c(Br)c(C(=O)Nc2ncc(C(F)(F)C(F)(F)C(F)(F)F)cc2F)c1. The summed E-state index contributed by atoms with van der Waals surface area (Å²) in [6, 6.07) is 2.92. The van der Waals surface area contributed by atoms with Crippen molar-refractivity contribution in [2.24, 2.45) is 0 Å². The molecule has 1 N–H and O–H groups in total. The van der Waals surface area contributed by atoms with Crippen molar-refractivity contribution in [3.05, 3.63) is 56.9 Å². The molecule has 0 atom stereocenters. The number of amides is 1. The van der Waals surface area contributed by atoms with E-state index in [1.165, 1.54) is 6.07 Å². The summed E-state index contributed by atoms with van der Waals surface area (Å²) in [4.78, 5) is 15.4. The Morgan fingerprint density at radius 1 is 1.03 bits per heavy atom. The number of carbonyl (C=O) groups excluding carboxylic acids is 1. The Hall–Kier alpha value is -2.24. The molecule has 0 radical (unpaired) electrons. The Kier molecular flexibility index (Phi) is 5.99. The first-order chi connectivity index (χ1) is 13.1. The minimum absolute atomic E-state index is 0.0433. The predicted octanol–water partition coefficient (Wildman–Crippen LogP) is 6.14. The van der Waals surface area contributed by atoms with E-state index in [0.717, 1.165) is 0 Å². The fourth-order valence-corrected chi connectivity index (χ4v) is 2.76. The molecular weight excluding hydrogens is 480 g/mol. The molecule has 0 saturated heterocycles. The van der Waals surface area contributed by atoms with E-state index in [1.54, 1.807) is 19.9 Å². The van der Waals surface area contributed by atoms with Crippen LogP contribution < -0.4 is 5.32 Å². The lowest BCUT2D eigenvalue weighted by Gasteiger charge is -2.28. The number of carbonyl (C=O) groups is 1. The maximum Gasteiger partial charge on any atom is 0.460 e. The summed E-state index contributed by atoms with van der Waals surface area (Å²) in [6.07, 6.45) is -6.63. The van der Waals surface area contributed by atoms with E-state index in [-0.39, 0.29) is 17.8 Å². The summed E-state index contributed by atoms with van der Waals surface area (Å²) in [5.41, 5.74) is -0.619. The average Bonchev–Trinajstić information content (AvgIpc) is 2.58. The Balaban J connectivity index is 2.37. The van der Waals surface area contributed by atoms with Crippen molar-refractivity contribution in [2.45, 2.75) is 31.9 Å². The van der Waals surface area contributed by atoms with Gasteiger partial charge < -0.3 is 5.32 Å². The first-order valence-electron chi connectivity index (χ1n) is 7.66. The number of rotatable bonds is 4. The molecule has 0 aliphatic carbocycles. The Bertz CT molecular complexity index is 959. The molecule has 1 aromatic carbocycles. The molecule has 0 aliphatic heterocycles. The van der Waals surface area contributed by atoms with Gasteiger partial charge in [-0.2, -0.15) is 30.7 Å². The van der Waals surface area contributed by atoms with E-state index in [2.05, 4.69) is 20.9 Å². The monoisotopic (exact) mass is 490 g/mol. The summed E-state index contributed by atoms with van der Waals surface area (Å²) in [5, 5.41) is 1.96. The number of aryl methyl sites for hydroxylation is 2. The molecular formula is C17H11BrF8N2O. The summed E-state index contributed by atoms with van der Waals surface area (Å²) in [6.45, 7) is 3.34. The summed E-state index contributed by atoms with van der Waals surface area (Å²) < 4.78 is 105. The molecule has 158 valence electrons. The number of alkyl halides is 7. The minimum atomic E-state index is -6.57. The zero-order valence-corrected chi connectivity index (χ0v) is 16.2. The lowest BCUT2D eigenvalue weighted by molar-refractivity contribution is -0.359. The van der Waals surface area contributed by atoms with Gasteiger partial charge in [-0.1, -0.05) is 6.07 Å². The van der Waals surface area contributed by atoms with Crippen molar-refractivity contribution < 1.29 is 39.9 Å². The topological polar surface area (TPSA) is 42.0 Å². The minimum Gasteiger partial charge on any atom is -0.304 e. The Morgan fingerprint density at radius 3 is 2.14 bits per heavy atom. The molecule has 0 saturated carbocycles. The molecule has 1 amide bonds. The number of nitrogens with zero attached hydrogens (tertiary/aromatic N) is 1. The highest BCUT2D eigenvalue weighted by molar-refractivity contribution is 9.10. The van der Waals surface area contributed by atoms with Crippen molar-refractivity contribution >= 4 is 27.7 Å². The number of hydrogen-bond donors (Lipinski definition) is 1. The smallest absolute Gasteiger partial charge is 0.304 e. The fourth-order valence-electron chi connectivity index (χ4n) is 2.35. The number of halogens is 9. The molecule has 1 aromatic heterocycles. The van der Waals surface area contributed by atoms with Gasteiger partial charge in [0.05, 0.1) is 5.56 Å². The van der Waals surface area contributed by atoms with Gasteiger partial charge in [0.15, 0.2) is 11.6 Å². The lowest BCUT2D eigenvalue weighted by Crippen LogP contribution is -2.50. The van der Waals surface area contributed by atoms with E-state index in [9.17, 15) is 39.9 Å². The van der Waals surface area contributed by atoms with Crippen LogP contribution in [-0.2, 0) is 5.92 Å². The van der Waals surface area contributed by atoms with E-state index in [4.69, 9.17) is 0 Å². The third-order valence-electron chi connectivity index (χ3n) is 3.83. The van der Waals surface area contributed by atoms with Gasteiger partial charge >= 0.3 is 18.0 Å². The molecule has 0 unspecified atom stereocenters. The molecule has 2 rings (SSSR count). The van der Waals surface area contributed by atoms with Crippen LogP contribution in [-0.4, -0.2) is 23.0 Å². The first kappa shape index (κ1) is 23.0. The van der Waals surface area contributed by atoms with Gasteiger partial charge in [0, 0.05) is 16.2 Å². The molecule has 1 heterocycles. The Labute approximate surface area is 167 Å². The van der Waals surface area contributed by atoms with Gasteiger partial charge in [-0.3, -0.25) is 4.79 Å². The second-order valence-electron chi connectivity index (χ2n) is 6.10. The predicted molar refractivity (Wildman–Crippen MR) is 90.7 cm³/mol. The quantitative estimate of drug-likeness (QED) is 0.523. The van der Waals surface area contributed by atoms with Gasteiger partial charge in [-0.05, 0) is 53.0 Å². The highest BCUT2D eigenvalue weighted by Crippen LogP contribution is 2.51. The second kappa shape index (κ2) is 7.54. The fraction of sp³-hybridized carbons (Fsp3) is 0.294. The second-order valence-corrected chi connectivity index (χ2v) is 6.89. The standard InChI is InChI=1S/C17H11BrF8N2O/c1-7-3-8(2)12(18)10(4-7)14(29)28-13-11(19)5-9(6-27-13)15(20,21)16(22,23)17(24,25)26/h3-6H,1-2H3,(H,27,28,29). The Morgan fingerprint density at radius 2 is 1.62 bits per heavy atom. The van der Waals surface area contributed by atoms with E-state index >= 15 is 0 Å². The van der Waals surface area contributed by atoms with Gasteiger partial charge in [0.2, 0.25) is 0 Å². The molecule has 3 nitrogen and oxygen atoms in total. The summed E-state index contributed by atoms with van der Waals surface area (Å²) in [5.74, 6) is -15.8.